The molecule has 5 rings (SSSR count). The van der Waals surface area contributed by atoms with E-state index in [1.807, 2.05) is 0 Å². The minimum Gasteiger partial charge on any atom is -0.489 e. The van der Waals surface area contributed by atoms with Gasteiger partial charge < -0.3 is 20.1 Å². The maximum absolute atomic E-state index is 13.8. The first-order valence-electron chi connectivity index (χ1n) is 12.5. The number of anilines is 1. The number of hydrogen-bond acceptors (Lipinski definition) is 7. The number of nitrogen functional groups attached to an aromatic ring is 1. The molecule has 0 radical (unpaired) electrons. The van der Waals surface area contributed by atoms with E-state index in [0.717, 1.165) is 12.8 Å². The summed E-state index contributed by atoms with van der Waals surface area (Å²) in [5.41, 5.74) is 7.66. The van der Waals surface area contributed by atoms with Crippen LogP contribution in [0.4, 0.5) is 10.2 Å². The molecule has 1 atom stereocenters. The first kappa shape index (κ1) is 25.7. The average Bonchev–Trinajstić information content (AvgIpc) is 3.34. The highest BCUT2D eigenvalue weighted by atomic mass is 19.1. The maximum Gasteiger partial charge on any atom is 0.246 e. The van der Waals surface area contributed by atoms with Gasteiger partial charge in [0, 0.05) is 24.7 Å². The van der Waals surface area contributed by atoms with Gasteiger partial charge in [-0.3, -0.25) is 4.79 Å². The van der Waals surface area contributed by atoms with Gasteiger partial charge in [-0.05, 0) is 43.0 Å². The molecule has 1 amide bonds. The molecule has 1 fully saturated rings. The number of likely N-dealkylation sites (tertiary alicyclic amines) is 1. The Hall–Kier alpha value is -4.91. The number of aromatic nitrogens is 4. The predicted molar refractivity (Wildman–Crippen MR) is 144 cm³/mol. The Morgan fingerprint density at radius 1 is 1.18 bits per heavy atom. The van der Waals surface area contributed by atoms with E-state index in [2.05, 4.69) is 28.4 Å². The molecule has 0 aliphatic carbocycles. The highest BCUT2D eigenvalue weighted by molar-refractivity contribution is 5.90. The van der Waals surface area contributed by atoms with Crippen LogP contribution in [0.1, 0.15) is 30.1 Å². The van der Waals surface area contributed by atoms with Crippen LogP contribution in [0.2, 0.25) is 0 Å². The lowest BCUT2D eigenvalue weighted by Gasteiger charge is -2.32. The Kier molecular flexibility index (Phi) is 7.68. The Bertz CT molecular complexity index is 1570. The lowest BCUT2D eigenvalue weighted by atomic mass is 10.1. The number of carbonyl (C=O) groups excluding carboxylic acids is 1. The van der Waals surface area contributed by atoms with Crippen LogP contribution in [0.15, 0.2) is 67.5 Å². The molecule has 10 heteroatoms. The molecule has 39 heavy (non-hydrogen) atoms. The first-order valence-corrected chi connectivity index (χ1v) is 12.5. The number of nitrogens with two attached hydrogens (primary N) is 1. The van der Waals surface area contributed by atoms with Crippen LogP contribution in [0.5, 0.6) is 11.5 Å². The second-order valence-corrected chi connectivity index (χ2v) is 8.98. The molecule has 1 saturated heterocycles. The van der Waals surface area contributed by atoms with Crippen molar-refractivity contribution in [3.8, 4) is 23.3 Å². The normalized spacial score (nSPS) is 14.9. The minimum atomic E-state index is -0.313. The molecule has 4 aromatic rings. The molecular weight excluding hydrogens is 499 g/mol. The lowest BCUT2D eigenvalue weighted by molar-refractivity contribution is -0.127. The summed E-state index contributed by atoms with van der Waals surface area (Å²) >= 11 is 0. The van der Waals surface area contributed by atoms with E-state index in [1.165, 1.54) is 18.5 Å². The molecule has 3 heterocycles. The van der Waals surface area contributed by atoms with Crippen LogP contribution >= 0.6 is 0 Å². The number of benzene rings is 2. The Morgan fingerprint density at radius 2 is 2.00 bits per heavy atom. The van der Waals surface area contributed by atoms with Crippen LogP contribution in [-0.4, -0.2) is 50.3 Å². The number of carbonyl (C=O) groups is 1. The van der Waals surface area contributed by atoms with Crippen molar-refractivity contribution in [2.24, 2.45) is 0 Å². The number of rotatable bonds is 7. The Balaban J connectivity index is 1.29. The van der Waals surface area contributed by atoms with Crippen LogP contribution in [0, 0.1) is 17.7 Å². The summed E-state index contributed by atoms with van der Waals surface area (Å²) < 4.78 is 27.1. The second-order valence-electron chi connectivity index (χ2n) is 8.98. The smallest absolute Gasteiger partial charge is 0.246 e. The van der Waals surface area contributed by atoms with Gasteiger partial charge in [0.2, 0.25) is 5.91 Å². The number of hydrogen-bond donors (Lipinski definition) is 1. The van der Waals surface area contributed by atoms with E-state index < -0.39 is 0 Å². The first-order chi connectivity index (χ1) is 19.0. The van der Waals surface area contributed by atoms with Gasteiger partial charge in [0.1, 0.15) is 48.4 Å². The van der Waals surface area contributed by atoms with E-state index in [9.17, 15) is 9.18 Å². The van der Waals surface area contributed by atoms with E-state index in [0.29, 0.717) is 46.9 Å². The SMILES string of the molecule is C=CC(=O)N1CCC[C@@H](n2nc(C#CCOc3cccc(OCc4ccccc4F)c3)c3c(N)ncnc32)C1. The Labute approximate surface area is 225 Å². The molecule has 0 bridgehead atoms. The Morgan fingerprint density at radius 3 is 2.82 bits per heavy atom. The quantitative estimate of drug-likeness (QED) is 0.287. The predicted octanol–water partition coefficient (Wildman–Crippen LogP) is 3.91. The number of piperidine rings is 1. The summed E-state index contributed by atoms with van der Waals surface area (Å²) in [7, 11) is 0. The molecule has 198 valence electrons. The van der Waals surface area contributed by atoms with E-state index in [1.54, 1.807) is 52.0 Å². The molecular formula is C29H27FN6O3. The molecule has 2 aromatic heterocycles. The topological polar surface area (TPSA) is 108 Å². The number of halogens is 1. The van der Waals surface area contributed by atoms with Crippen molar-refractivity contribution < 1.29 is 18.7 Å². The summed E-state index contributed by atoms with van der Waals surface area (Å²) in [5.74, 6) is 6.99. The largest absolute Gasteiger partial charge is 0.489 e. The number of fused-ring (bicyclic) bond motifs is 1. The summed E-state index contributed by atoms with van der Waals surface area (Å²) in [5, 5.41) is 5.27. The molecule has 1 aliphatic rings. The third kappa shape index (κ3) is 5.83. The molecule has 2 N–H and O–H groups in total. The number of ether oxygens (including phenoxy) is 2. The zero-order valence-electron chi connectivity index (χ0n) is 21.2. The van der Waals surface area contributed by atoms with Crippen molar-refractivity contribution in [2.45, 2.75) is 25.5 Å². The molecule has 1 aliphatic heterocycles. The zero-order chi connectivity index (χ0) is 27.2. The number of nitrogens with zero attached hydrogens (tertiary/aromatic N) is 5. The molecule has 9 nitrogen and oxygen atoms in total. The fourth-order valence-corrected chi connectivity index (χ4v) is 4.49. The van der Waals surface area contributed by atoms with Crippen molar-refractivity contribution in [1.29, 1.82) is 0 Å². The van der Waals surface area contributed by atoms with Gasteiger partial charge in [-0.2, -0.15) is 5.10 Å². The van der Waals surface area contributed by atoms with Gasteiger partial charge in [0.15, 0.2) is 5.65 Å². The summed E-state index contributed by atoms with van der Waals surface area (Å²) in [6.45, 7) is 4.96. The lowest BCUT2D eigenvalue weighted by Crippen LogP contribution is -2.40. The fraction of sp³-hybridized carbons (Fsp3) is 0.241. The summed E-state index contributed by atoms with van der Waals surface area (Å²) in [6, 6.07) is 13.5. The third-order valence-electron chi connectivity index (χ3n) is 6.42. The summed E-state index contributed by atoms with van der Waals surface area (Å²) in [6.07, 6.45) is 4.40. The monoisotopic (exact) mass is 526 g/mol. The molecule has 0 unspecified atom stereocenters. The molecule has 2 aromatic carbocycles. The van der Waals surface area contributed by atoms with Gasteiger partial charge in [0.05, 0.1) is 11.4 Å². The third-order valence-corrected chi connectivity index (χ3v) is 6.42. The van der Waals surface area contributed by atoms with Crippen molar-refractivity contribution in [3.05, 3.63) is 84.6 Å². The molecule has 0 saturated carbocycles. The van der Waals surface area contributed by atoms with E-state index >= 15 is 0 Å². The van der Waals surface area contributed by atoms with Gasteiger partial charge >= 0.3 is 0 Å². The summed E-state index contributed by atoms with van der Waals surface area (Å²) in [4.78, 5) is 22.4. The fourth-order valence-electron chi connectivity index (χ4n) is 4.49. The second kappa shape index (κ2) is 11.6. The highest BCUT2D eigenvalue weighted by Gasteiger charge is 2.27. The average molecular weight is 527 g/mol. The van der Waals surface area contributed by atoms with Gasteiger partial charge in [0.25, 0.3) is 0 Å². The zero-order valence-corrected chi connectivity index (χ0v) is 21.2. The van der Waals surface area contributed by atoms with E-state index in [-0.39, 0.29) is 36.8 Å². The van der Waals surface area contributed by atoms with Crippen LogP contribution in [0.25, 0.3) is 11.0 Å². The van der Waals surface area contributed by atoms with Crippen molar-refractivity contribution in [1.82, 2.24) is 24.6 Å². The van der Waals surface area contributed by atoms with Gasteiger partial charge in [-0.25, -0.2) is 19.0 Å². The number of amides is 1. The van der Waals surface area contributed by atoms with Crippen molar-refractivity contribution >= 4 is 22.8 Å². The van der Waals surface area contributed by atoms with Gasteiger partial charge in [-0.1, -0.05) is 36.8 Å². The van der Waals surface area contributed by atoms with Crippen LogP contribution in [-0.2, 0) is 11.4 Å². The van der Waals surface area contributed by atoms with Crippen LogP contribution in [0.3, 0.4) is 0 Å². The van der Waals surface area contributed by atoms with Gasteiger partial charge in [-0.15, -0.1) is 0 Å². The van der Waals surface area contributed by atoms with Crippen molar-refractivity contribution in [2.75, 3.05) is 25.4 Å². The maximum atomic E-state index is 13.8. The van der Waals surface area contributed by atoms with E-state index in [4.69, 9.17) is 20.3 Å². The minimum absolute atomic E-state index is 0.0710. The molecule has 0 spiro atoms. The van der Waals surface area contributed by atoms with Crippen LogP contribution < -0.4 is 15.2 Å². The highest BCUT2D eigenvalue weighted by Crippen LogP contribution is 2.28. The van der Waals surface area contributed by atoms with Crippen molar-refractivity contribution in [3.63, 3.8) is 0 Å². The standard InChI is InChI=1S/C29H27FN6O3/c1-2-26(37)35-14-6-9-21(17-35)36-29-27(28(31)32-19-33-29)25(34-36)13-7-15-38-22-10-5-11-23(16-22)39-18-20-8-3-4-12-24(20)30/h2-5,8,10-12,16,19,21H,1,6,9,14-15,17-18H2,(H2,31,32,33)/t21-/m1/s1.